The summed E-state index contributed by atoms with van der Waals surface area (Å²) in [6, 6.07) is 7.76. The lowest BCUT2D eigenvalue weighted by molar-refractivity contribution is 0.562. The number of sulfonamides is 1. The Kier molecular flexibility index (Phi) is 4.52. The van der Waals surface area contributed by atoms with Crippen molar-refractivity contribution in [3.8, 4) is 0 Å². The Balaban J connectivity index is 2.22. The molecule has 1 atom stereocenters. The van der Waals surface area contributed by atoms with Gasteiger partial charge in [-0.3, -0.25) is 4.98 Å². The lowest BCUT2D eigenvalue weighted by Crippen LogP contribution is -2.27. The number of benzene rings is 1. The zero-order valence-corrected chi connectivity index (χ0v) is 12.9. The second kappa shape index (κ2) is 5.99. The highest BCUT2D eigenvalue weighted by molar-refractivity contribution is 9.10. The fourth-order valence-electron chi connectivity index (χ4n) is 1.66. The van der Waals surface area contributed by atoms with Crippen molar-refractivity contribution in [1.82, 2.24) is 9.71 Å². The van der Waals surface area contributed by atoms with Gasteiger partial charge in [-0.15, -0.1) is 0 Å². The molecule has 0 fully saturated rings. The number of halogens is 2. The smallest absolute Gasteiger partial charge is 0.242 e. The van der Waals surface area contributed by atoms with E-state index in [-0.39, 0.29) is 4.90 Å². The van der Waals surface area contributed by atoms with Crippen LogP contribution in [0.1, 0.15) is 18.5 Å². The SMILES string of the molecule is CC(NS(=O)(=O)c1cncc(F)c1)c1ccc(Br)cc1. The number of aromatic nitrogens is 1. The predicted octanol–water partition coefficient (Wildman–Crippen LogP) is 3.02. The first kappa shape index (κ1) is 15.1. The van der Waals surface area contributed by atoms with Gasteiger partial charge in [0.15, 0.2) is 0 Å². The lowest BCUT2D eigenvalue weighted by Gasteiger charge is -2.14. The zero-order valence-electron chi connectivity index (χ0n) is 10.5. The van der Waals surface area contributed by atoms with E-state index in [0.29, 0.717) is 0 Å². The highest BCUT2D eigenvalue weighted by atomic mass is 79.9. The molecule has 0 bridgehead atoms. The monoisotopic (exact) mass is 358 g/mol. The average Bonchev–Trinajstić information content (AvgIpc) is 2.39. The second-order valence-electron chi connectivity index (χ2n) is 4.23. The molecule has 0 aliphatic rings. The molecule has 1 N–H and O–H groups in total. The van der Waals surface area contributed by atoms with Crippen molar-refractivity contribution < 1.29 is 12.8 Å². The van der Waals surface area contributed by atoms with Gasteiger partial charge in [-0.25, -0.2) is 17.5 Å². The van der Waals surface area contributed by atoms with Crippen LogP contribution in [0.5, 0.6) is 0 Å². The van der Waals surface area contributed by atoms with Crippen molar-refractivity contribution in [3.63, 3.8) is 0 Å². The Morgan fingerprint density at radius 1 is 1.25 bits per heavy atom. The van der Waals surface area contributed by atoms with E-state index in [9.17, 15) is 12.8 Å². The number of hydrogen-bond acceptors (Lipinski definition) is 3. The zero-order chi connectivity index (χ0) is 14.8. The molecule has 4 nitrogen and oxygen atoms in total. The Morgan fingerprint density at radius 3 is 2.50 bits per heavy atom. The highest BCUT2D eigenvalue weighted by Crippen LogP contribution is 2.19. The number of hydrogen-bond donors (Lipinski definition) is 1. The topological polar surface area (TPSA) is 59.1 Å². The molecule has 20 heavy (non-hydrogen) atoms. The minimum absolute atomic E-state index is 0.193. The first-order chi connectivity index (χ1) is 9.38. The predicted molar refractivity (Wildman–Crippen MR) is 77.1 cm³/mol. The molecule has 1 heterocycles. The summed E-state index contributed by atoms with van der Waals surface area (Å²) < 4.78 is 40.7. The van der Waals surface area contributed by atoms with Crippen molar-refractivity contribution in [2.24, 2.45) is 0 Å². The number of rotatable bonds is 4. The van der Waals surface area contributed by atoms with Crippen LogP contribution in [0, 0.1) is 5.82 Å². The molecule has 1 aromatic heterocycles. The summed E-state index contributed by atoms with van der Waals surface area (Å²) in [4.78, 5) is 3.35. The number of pyridine rings is 1. The maximum atomic E-state index is 13.0. The van der Waals surface area contributed by atoms with Crippen LogP contribution in [-0.4, -0.2) is 13.4 Å². The molecule has 0 aliphatic carbocycles. The first-order valence-corrected chi connectivity index (χ1v) is 8.04. The third-order valence-corrected chi connectivity index (χ3v) is 4.73. The van der Waals surface area contributed by atoms with Gasteiger partial charge >= 0.3 is 0 Å². The Hall–Kier alpha value is -1.31. The van der Waals surface area contributed by atoms with Crippen molar-refractivity contribution in [2.45, 2.75) is 17.9 Å². The average molecular weight is 359 g/mol. The van der Waals surface area contributed by atoms with Gasteiger partial charge in [-0.05, 0) is 30.7 Å². The summed E-state index contributed by atoms with van der Waals surface area (Å²) >= 11 is 3.31. The van der Waals surface area contributed by atoms with Crippen molar-refractivity contribution in [3.05, 3.63) is 58.6 Å². The van der Waals surface area contributed by atoms with Crippen molar-refractivity contribution in [2.75, 3.05) is 0 Å². The largest absolute Gasteiger partial charge is 0.260 e. The van der Waals surface area contributed by atoms with Gasteiger partial charge in [0.05, 0.1) is 6.20 Å². The summed E-state index contributed by atoms with van der Waals surface area (Å²) in [5.74, 6) is -0.691. The molecule has 1 unspecified atom stereocenters. The van der Waals surface area contributed by atoms with Crippen LogP contribution < -0.4 is 4.72 Å². The van der Waals surface area contributed by atoms with E-state index in [2.05, 4.69) is 25.6 Å². The third kappa shape index (κ3) is 3.62. The maximum Gasteiger partial charge on any atom is 0.242 e. The Labute approximate surface area is 125 Å². The Bertz CT molecular complexity index is 705. The molecular formula is C13H12BrFN2O2S. The summed E-state index contributed by atoms with van der Waals surface area (Å²) in [5.41, 5.74) is 0.807. The van der Waals surface area contributed by atoms with Crippen LogP contribution in [0.15, 0.2) is 52.1 Å². The minimum Gasteiger partial charge on any atom is -0.260 e. The fraction of sp³-hybridized carbons (Fsp3) is 0.154. The van der Waals surface area contributed by atoms with Crippen LogP contribution >= 0.6 is 15.9 Å². The minimum atomic E-state index is -3.80. The summed E-state index contributed by atoms with van der Waals surface area (Å²) in [5, 5.41) is 0. The molecule has 1 aromatic carbocycles. The molecule has 2 rings (SSSR count). The molecule has 0 radical (unpaired) electrons. The van der Waals surface area contributed by atoms with Crippen molar-refractivity contribution >= 4 is 26.0 Å². The molecule has 0 aliphatic heterocycles. The molecule has 0 saturated carbocycles. The van der Waals surface area contributed by atoms with Crippen molar-refractivity contribution in [1.29, 1.82) is 0 Å². The molecule has 0 saturated heterocycles. The Morgan fingerprint density at radius 2 is 1.90 bits per heavy atom. The van der Waals surface area contributed by atoms with Gasteiger partial charge in [-0.1, -0.05) is 28.1 Å². The van der Waals surface area contributed by atoms with E-state index in [0.717, 1.165) is 28.5 Å². The molecule has 0 spiro atoms. The molecular weight excluding hydrogens is 347 g/mol. The van der Waals surface area contributed by atoms with Gasteiger partial charge in [-0.2, -0.15) is 0 Å². The second-order valence-corrected chi connectivity index (χ2v) is 6.86. The standard InChI is InChI=1S/C13H12BrFN2O2S/c1-9(10-2-4-11(14)5-3-10)17-20(18,19)13-6-12(15)7-16-8-13/h2-9,17H,1H3. The van der Waals surface area contributed by atoms with Gasteiger partial charge < -0.3 is 0 Å². The van der Waals surface area contributed by atoms with E-state index in [4.69, 9.17) is 0 Å². The normalized spacial score (nSPS) is 13.2. The summed E-state index contributed by atoms with van der Waals surface area (Å²) in [6.45, 7) is 1.72. The van der Waals surface area contributed by atoms with Crippen LogP contribution in [0.25, 0.3) is 0 Å². The maximum absolute atomic E-state index is 13.0. The van der Waals surface area contributed by atoms with Gasteiger partial charge in [0.2, 0.25) is 10.0 Å². The molecule has 7 heteroatoms. The summed E-state index contributed by atoms with van der Waals surface area (Å²) in [7, 11) is -3.80. The highest BCUT2D eigenvalue weighted by Gasteiger charge is 2.19. The van der Waals surface area contributed by atoms with E-state index in [1.54, 1.807) is 19.1 Å². The van der Waals surface area contributed by atoms with Gasteiger partial charge in [0.1, 0.15) is 10.7 Å². The van der Waals surface area contributed by atoms with Crippen LogP contribution in [-0.2, 0) is 10.0 Å². The number of nitrogens with zero attached hydrogens (tertiary/aromatic N) is 1. The first-order valence-electron chi connectivity index (χ1n) is 5.77. The third-order valence-electron chi connectivity index (χ3n) is 2.69. The van der Waals surface area contributed by atoms with E-state index in [1.807, 2.05) is 12.1 Å². The molecule has 106 valence electrons. The van der Waals surface area contributed by atoms with Gasteiger partial charge in [0.25, 0.3) is 0 Å². The lowest BCUT2D eigenvalue weighted by atomic mass is 10.1. The summed E-state index contributed by atoms with van der Waals surface area (Å²) in [6.07, 6.45) is 2.07. The molecule has 0 amide bonds. The van der Waals surface area contributed by atoms with Crippen LogP contribution in [0.4, 0.5) is 4.39 Å². The van der Waals surface area contributed by atoms with Crippen LogP contribution in [0.2, 0.25) is 0 Å². The van der Waals surface area contributed by atoms with E-state index in [1.165, 1.54) is 0 Å². The number of nitrogens with one attached hydrogen (secondary N) is 1. The molecule has 2 aromatic rings. The van der Waals surface area contributed by atoms with E-state index >= 15 is 0 Å². The van der Waals surface area contributed by atoms with Crippen LogP contribution in [0.3, 0.4) is 0 Å². The quantitative estimate of drug-likeness (QED) is 0.913. The van der Waals surface area contributed by atoms with Gasteiger partial charge in [0, 0.05) is 16.7 Å². The fourth-order valence-corrected chi connectivity index (χ4v) is 3.13. The van der Waals surface area contributed by atoms with E-state index < -0.39 is 21.9 Å².